The maximum atomic E-state index is 12.9. The van der Waals surface area contributed by atoms with Crippen LogP contribution in [0.2, 0.25) is 0 Å². The Morgan fingerprint density at radius 3 is 1.93 bits per heavy atom. The molecule has 1 amide bonds. The van der Waals surface area contributed by atoms with E-state index < -0.39 is 48.4 Å². The number of hydrogen-bond acceptors (Lipinski definition) is 4. The van der Waals surface area contributed by atoms with E-state index in [-0.39, 0.29) is 6.61 Å². The molecule has 0 spiro atoms. The zero-order chi connectivity index (χ0) is 22.5. The average Bonchev–Trinajstić information content (AvgIpc) is 2.53. The predicted molar refractivity (Wildman–Crippen MR) is 89.6 cm³/mol. The van der Waals surface area contributed by atoms with Crippen molar-refractivity contribution in [3.8, 4) is 0 Å². The Balaban J connectivity index is 2.95. The average molecular weight is 429 g/mol. The van der Waals surface area contributed by atoms with Gasteiger partial charge in [-0.3, -0.25) is 0 Å². The molecule has 11 heteroatoms. The van der Waals surface area contributed by atoms with Crippen LogP contribution in [0, 0.1) is 5.92 Å². The molecule has 1 atom stereocenters. The second kappa shape index (κ2) is 9.36. The SMILES string of the molecule is CC(C)(C)OC(=O)[C@@H](CC(C(F)(F)F)C(F)(F)F)NC(=O)OCc1ccccc1. The summed E-state index contributed by atoms with van der Waals surface area (Å²) in [5, 5.41) is 1.75. The van der Waals surface area contributed by atoms with Crippen LogP contribution in [0.4, 0.5) is 31.1 Å². The molecular weight excluding hydrogens is 408 g/mol. The molecule has 0 fully saturated rings. The van der Waals surface area contributed by atoms with Gasteiger partial charge in [0, 0.05) is 0 Å². The van der Waals surface area contributed by atoms with Crippen molar-refractivity contribution in [1.29, 1.82) is 0 Å². The highest BCUT2D eigenvalue weighted by atomic mass is 19.4. The van der Waals surface area contributed by atoms with Crippen molar-refractivity contribution in [3.63, 3.8) is 0 Å². The Morgan fingerprint density at radius 1 is 0.966 bits per heavy atom. The summed E-state index contributed by atoms with van der Waals surface area (Å²) >= 11 is 0. The van der Waals surface area contributed by atoms with Crippen LogP contribution < -0.4 is 5.32 Å². The summed E-state index contributed by atoms with van der Waals surface area (Å²) in [6.45, 7) is 3.83. The number of carbonyl (C=O) groups is 2. The second-order valence-corrected chi connectivity index (χ2v) is 7.16. The number of alkyl halides is 6. The van der Waals surface area contributed by atoms with Crippen LogP contribution in [0.1, 0.15) is 32.8 Å². The van der Waals surface area contributed by atoms with E-state index in [1.807, 2.05) is 0 Å². The van der Waals surface area contributed by atoms with Crippen LogP contribution in [-0.4, -0.2) is 36.1 Å². The van der Waals surface area contributed by atoms with Crippen molar-refractivity contribution in [2.24, 2.45) is 5.92 Å². The lowest BCUT2D eigenvalue weighted by Gasteiger charge is -2.28. The first-order chi connectivity index (χ1) is 13.1. The van der Waals surface area contributed by atoms with Gasteiger partial charge in [0.05, 0.1) is 0 Å². The molecule has 29 heavy (non-hydrogen) atoms. The summed E-state index contributed by atoms with van der Waals surface area (Å²) in [7, 11) is 0. The minimum Gasteiger partial charge on any atom is -0.458 e. The molecule has 0 saturated carbocycles. The molecule has 0 radical (unpaired) electrons. The number of carbonyl (C=O) groups excluding carboxylic acids is 2. The third-order valence-electron chi connectivity index (χ3n) is 3.46. The third kappa shape index (κ3) is 9.05. The highest BCUT2D eigenvalue weighted by molar-refractivity contribution is 5.81. The standard InChI is InChI=1S/C18H21F6NO4/c1-16(2,3)29-14(26)12(9-13(17(19,20)21)18(22,23)24)25-15(27)28-10-11-7-5-4-6-8-11/h4-8,12-13H,9-10H2,1-3H3,(H,25,27)/t12-/m1/s1. The van der Waals surface area contributed by atoms with E-state index in [0.29, 0.717) is 5.56 Å². The first-order valence-electron chi connectivity index (χ1n) is 8.43. The minimum absolute atomic E-state index is 0.296. The van der Waals surface area contributed by atoms with Crippen molar-refractivity contribution in [3.05, 3.63) is 35.9 Å². The maximum absolute atomic E-state index is 12.9. The largest absolute Gasteiger partial charge is 0.458 e. The Hall–Kier alpha value is -2.46. The highest BCUT2D eigenvalue weighted by Gasteiger charge is 2.57. The molecule has 1 aromatic carbocycles. The topological polar surface area (TPSA) is 64.6 Å². The summed E-state index contributed by atoms with van der Waals surface area (Å²) in [5.74, 6) is -5.27. The number of benzene rings is 1. The van der Waals surface area contributed by atoms with Crippen molar-refractivity contribution in [1.82, 2.24) is 5.32 Å². The first kappa shape index (κ1) is 24.6. The molecule has 0 unspecified atom stereocenters. The Labute approximate surface area is 163 Å². The van der Waals surface area contributed by atoms with Gasteiger partial charge < -0.3 is 14.8 Å². The highest BCUT2D eigenvalue weighted by Crippen LogP contribution is 2.42. The number of ether oxygens (including phenoxy) is 2. The lowest BCUT2D eigenvalue weighted by molar-refractivity contribution is -0.286. The number of amides is 1. The molecule has 0 bridgehead atoms. The van der Waals surface area contributed by atoms with Crippen LogP contribution in [0.15, 0.2) is 30.3 Å². The fourth-order valence-electron chi connectivity index (χ4n) is 2.18. The summed E-state index contributed by atoms with van der Waals surface area (Å²) in [6, 6.07) is 5.92. The van der Waals surface area contributed by atoms with E-state index in [1.54, 1.807) is 35.6 Å². The number of hydrogen-bond donors (Lipinski definition) is 1. The molecule has 0 aliphatic carbocycles. The maximum Gasteiger partial charge on any atom is 0.408 e. The Bertz CT molecular complexity index is 668. The molecular formula is C18H21F6NO4. The van der Waals surface area contributed by atoms with Gasteiger partial charge in [-0.15, -0.1) is 0 Å². The molecule has 0 aliphatic heterocycles. The normalized spacial score (nSPS) is 13.7. The Morgan fingerprint density at radius 2 is 1.48 bits per heavy atom. The number of rotatable bonds is 6. The van der Waals surface area contributed by atoms with Crippen molar-refractivity contribution in [2.75, 3.05) is 0 Å². The molecule has 1 rings (SSSR count). The van der Waals surface area contributed by atoms with Gasteiger partial charge in [0.2, 0.25) is 0 Å². The van der Waals surface area contributed by atoms with E-state index in [4.69, 9.17) is 9.47 Å². The van der Waals surface area contributed by atoms with Gasteiger partial charge in [0.25, 0.3) is 0 Å². The van der Waals surface area contributed by atoms with E-state index in [9.17, 15) is 35.9 Å². The number of nitrogens with one attached hydrogen (secondary N) is 1. The van der Waals surface area contributed by atoms with E-state index in [0.717, 1.165) is 0 Å². The van der Waals surface area contributed by atoms with Crippen LogP contribution in [-0.2, 0) is 20.9 Å². The first-order valence-corrected chi connectivity index (χ1v) is 8.43. The third-order valence-corrected chi connectivity index (χ3v) is 3.46. The number of halogens is 6. The number of alkyl carbamates (subject to hydrolysis) is 1. The molecule has 164 valence electrons. The summed E-state index contributed by atoms with van der Waals surface area (Å²) < 4.78 is 86.8. The summed E-state index contributed by atoms with van der Waals surface area (Å²) in [6.07, 6.45) is -14.5. The van der Waals surface area contributed by atoms with Gasteiger partial charge in [-0.05, 0) is 32.8 Å². The quantitative estimate of drug-likeness (QED) is 0.524. The zero-order valence-corrected chi connectivity index (χ0v) is 15.9. The molecule has 1 aromatic rings. The molecule has 0 aromatic heterocycles. The lowest BCUT2D eigenvalue weighted by atomic mass is 9.98. The van der Waals surface area contributed by atoms with Gasteiger partial charge in [-0.2, -0.15) is 26.3 Å². The smallest absolute Gasteiger partial charge is 0.408 e. The van der Waals surface area contributed by atoms with Crippen LogP contribution in [0.5, 0.6) is 0 Å². The molecule has 0 saturated heterocycles. The number of esters is 1. The van der Waals surface area contributed by atoms with E-state index >= 15 is 0 Å². The fourth-order valence-corrected chi connectivity index (χ4v) is 2.18. The van der Waals surface area contributed by atoms with Gasteiger partial charge >= 0.3 is 24.4 Å². The zero-order valence-electron chi connectivity index (χ0n) is 15.9. The monoisotopic (exact) mass is 429 g/mol. The lowest BCUT2D eigenvalue weighted by Crippen LogP contribution is -2.49. The van der Waals surface area contributed by atoms with Gasteiger partial charge in [-0.1, -0.05) is 30.3 Å². The molecule has 0 aliphatic rings. The van der Waals surface area contributed by atoms with Gasteiger partial charge in [0.1, 0.15) is 18.2 Å². The molecule has 1 N–H and O–H groups in total. The molecule has 5 nitrogen and oxygen atoms in total. The van der Waals surface area contributed by atoms with Crippen LogP contribution >= 0.6 is 0 Å². The van der Waals surface area contributed by atoms with Gasteiger partial charge in [-0.25, -0.2) is 9.59 Å². The van der Waals surface area contributed by atoms with Crippen molar-refractivity contribution < 1.29 is 45.4 Å². The van der Waals surface area contributed by atoms with E-state index in [1.165, 1.54) is 20.8 Å². The Kier molecular flexibility index (Phi) is 7.93. The summed E-state index contributed by atoms with van der Waals surface area (Å²) in [4.78, 5) is 24.0. The van der Waals surface area contributed by atoms with Crippen LogP contribution in [0.25, 0.3) is 0 Å². The van der Waals surface area contributed by atoms with Gasteiger partial charge in [0.15, 0.2) is 5.92 Å². The fraction of sp³-hybridized carbons (Fsp3) is 0.556. The summed E-state index contributed by atoms with van der Waals surface area (Å²) in [5.41, 5.74) is -0.670. The second-order valence-electron chi connectivity index (χ2n) is 7.16. The minimum atomic E-state index is -5.67. The van der Waals surface area contributed by atoms with E-state index in [2.05, 4.69) is 0 Å². The van der Waals surface area contributed by atoms with Crippen LogP contribution in [0.3, 0.4) is 0 Å². The van der Waals surface area contributed by atoms with Crippen molar-refractivity contribution >= 4 is 12.1 Å². The molecule has 0 heterocycles. The van der Waals surface area contributed by atoms with Crippen molar-refractivity contribution in [2.45, 2.75) is 57.8 Å². The predicted octanol–water partition coefficient (Wildman–Crippen LogP) is 4.75.